The first-order chi connectivity index (χ1) is 7.60. The Balaban J connectivity index is 2.55. The number of rotatable bonds is 2. The van der Waals surface area contributed by atoms with Gasteiger partial charge in [0.05, 0.1) is 0 Å². The predicted octanol–water partition coefficient (Wildman–Crippen LogP) is 3.32. The average molecular weight is 254 g/mol. The van der Waals surface area contributed by atoms with Gasteiger partial charge in [0.2, 0.25) is 0 Å². The molecule has 0 aromatic rings. The Morgan fingerprint density at radius 3 is 2.12 bits per heavy atom. The largest absolute Gasteiger partial charge is 0.414 e. The highest BCUT2D eigenvalue weighted by Crippen LogP contribution is 2.40. The molecular formula is C14H26O2Si. The number of aliphatic hydroxyl groups is 1. The van der Waals surface area contributed by atoms with Crippen LogP contribution < -0.4 is 0 Å². The van der Waals surface area contributed by atoms with Crippen molar-refractivity contribution in [3.8, 4) is 12.3 Å². The van der Waals surface area contributed by atoms with Crippen molar-refractivity contribution in [1.82, 2.24) is 0 Å². The Bertz CT molecular complexity index is 301. The van der Waals surface area contributed by atoms with Crippen molar-refractivity contribution in [2.24, 2.45) is 0 Å². The maximum absolute atomic E-state index is 9.98. The minimum atomic E-state index is -1.68. The molecule has 1 N–H and O–H groups in total. The molecule has 0 radical (unpaired) electrons. The first kappa shape index (κ1) is 14.8. The third kappa shape index (κ3) is 3.58. The van der Waals surface area contributed by atoms with Gasteiger partial charge in [-0.1, -0.05) is 26.7 Å². The second-order valence-electron chi connectivity index (χ2n) is 6.75. The van der Waals surface area contributed by atoms with Crippen LogP contribution >= 0.6 is 0 Å². The topological polar surface area (TPSA) is 29.5 Å². The van der Waals surface area contributed by atoms with Crippen LogP contribution in [0.4, 0.5) is 0 Å². The fourth-order valence-corrected chi connectivity index (χ4v) is 3.35. The van der Waals surface area contributed by atoms with Gasteiger partial charge in [-0.05, 0) is 43.8 Å². The van der Waals surface area contributed by atoms with E-state index in [2.05, 4.69) is 39.8 Å². The Kier molecular flexibility index (Phi) is 4.13. The summed E-state index contributed by atoms with van der Waals surface area (Å²) >= 11 is 0. The van der Waals surface area contributed by atoms with Crippen molar-refractivity contribution >= 4 is 8.32 Å². The first-order valence-corrected chi connectivity index (χ1v) is 9.38. The Morgan fingerprint density at radius 2 is 1.76 bits per heavy atom. The van der Waals surface area contributed by atoms with Gasteiger partial charge in [-0.3, -0.25) is 0 Å². The maximum atomic E-state index is 9.98. The van der Waals surface area contributed by atoms with E-state index >= 15 is 0 Å². The van der Waals surface area contributed by atoms with Gasteiger partial charge >= 0.3 is 0 Å². The van der Waals surface area contributed by atoms with Gasteiger partial charge in [0, 0.05) is 6.10 Å². The molecule has 2 nitrogen and oxygen atoms in total. The van der Waals surface area contributed by atoms with Crippen molar-refractivity contribution in [2.75, 3.05) is 0 Å². The minimum absolute atomic E-state index is 0.243. The van der Waals surface area contributed by atoms with E-state index in [-0.39, 0.29) is 11.1 Å². The summed E-state index contributed by atoms with van der Waals surface area (Å²) in [5.74, 6) is 2.51. The van der Waals surface area contributed by atoms with Gasteiger partial charge in [0.15, 0.2) is 8.32 Å². The number of hydrogen-bond acceptors (Lipinski definition) is 2. The highest BCUT2D eigenvalue weighted by atomic mass is 28.4. The van der Waals surface area contributed by atoms with E-state index < -0.39 is 13.9 Å². The first-order valence-electron chi connectivity index (χ1n) is 6.48. The third-order valence-electron chi connectivity index (χ3n) is 4.30. The van der Waals surface area contributed by atoms with E-state index in [1.807, 2.05) is 0 Å². The van der Waals surface area contributed by atoms with Crippen molar-refractivity contribution in [3.05, 3.63) is 0 Å². The van der Waals surface area contributed by atoms with Crippen molar-refractivity contribution in [2.45, 2.75) is 76.3 Å². The molecule has 1 aliphatic rings. The standard InChI is InChI=1S/C14H26O2Si/c1-7-14(15)10-8-12(9-11-14)16-17(5,6)13(2,3)4/h1,12,15H,8-11H2,2-6H3/t12-,14+. The molecule has 0 aromatic carbocycles. The lowest BCUT2D eigenvalue weighted by Gasteiger charge is -2.42. The van der Waals surface area contributed by atoms with Crippen molar-refractivity contribution in [1.29, 1.82) is 0 Å². The molecule has 98 valence electrons. The van der Waals surface area contributed by atoms with E-state index in [1.165, 1.54) is 0 Å². The van der Waals surface area contributed by atoms with Crippen LogP contribution in [-0.4, -0.2) is 25.1 Å². The summed E-state index contributed by atoms with van der Waals surface area (Å²) in [6.45, 7) is 11.3. The zero-order valence-electron chi connectivity index (χ0n) is 11.8. The molecule has 1 aliphatic carbocycles. The van der Waals surface area contributed by atoms with E-state index in [0.29, 0.717) is 12.8 Å². The Morgan fingerprint density at radius 1 is 1.29 bits per heavy atom. The second kappa shape index (κ2) is 4.76. The van der Waals surface area contributed by atoms with E-state index in [4.69, 9.17) is 10.8 Å². The Labute approximate surface area is 107 Å². The fourth-order valence-electron chi connectivity index (χ4n) is 1.92. The van der Waals surface area contributed by atoms with Gasteiger partial charge < -0.3 is 9.53 Å². The summed E-state index contributed by atoms with van der Waals surface area (Å²) in [5.41, 5.74) is -0.882. The molecule has 1 saturated carbocycles. The zero-order valence-corrected chi connectivity index (χ0v) is 12.8. The summed E-state index contributed by atoms with van der Waals surface area (Å²) in [7, 11) is -1.68. The third-order valence-corrected chi connectivity index (χ3v) is 8.83. The maximum Gasteiger partial charge on any atom is 0.192 e. The molecule has 17 heavy (non-hydrogen) atoms. The summed E-state index contributed by atoms with van der Waals surface area (Å²) in [4.78, 5) is 0. The highest BCUT2D eigenvalue weighted by Gasteiger charge is 2.41. The van der Waals surface area contributed by atoms with Crippen LogP contribution in [0.15, 0.2) is 0 Å². The lowest BCUT2D eigenvalue weighted by Crippen LogP contribution is -2.46. The van der Waals surface area contributed by atoms with Gasteiger partial charge in [-0.2, -0.15) is 0 Å². The van der Waals surface area contributed by atoms with Crippen LogP contribution in [-0.2, 0) is 4.43 Å². The fraction of sp³-hybridized carbons (Fsp3) is 0.857. The molecule has 0 spiro atoms. The Hall–Kier alpha value is -0.303. The minimum Gasteiger partial charge on any atom is -0.414 e. The highest BCUT2D eigenvalue weighted by molar-refractivity contribution is 6.74. The van der Waals surface area contributed by atoms with Gasteiger partial charge in [0.25, 0.3) is 0 Å². The molecule has 0 aromatic heterocycles. The van der Waals surface area contributed by atoms with Crippen LogP contribution in [0.25, 0.3) is 0 Å². The second-order valence-corrected chi connectivity index (χ2v) is 11.5. The molecule has 0 bridgehead atoms. The lowest BCUT2D eigenvalue weighted by molar-refractivity contribution is 0.0147. The van der Waals surface area contributed by atoms with Crippen molar-refractivity contribution in [3.63, 3.8) is 0 Å². The van der Waals surface area contributed by atoms with Crippen LogP contribution in [0.3, 0.4) is 0 Å². The molecule has 0 saturated heterocycles. The summed E-state index contributed by atoms with van der Waals surface area (Å²) in [6.07, 6.45) is 8.73. The van der Waals surface area contributed by atoms with E-state index in [9.17, 15) is 5.11 Å². The lowest BCUT2D eigenvalue weighted by atomic mass is 9.84. The number of hydrogen-bond donors (Lipinski definition) is 1. The van der Waals surface area contributed by atoms with E-state index in [1.54, 1.807) is 0 Å². The van der Waals surface area contributed by atoms with Crippen LogP contribution in [0.2, 0.25) is 18.1 Å². The monoisotopic (exact) mass is 254 g/mol. The SMILES string of the molecule is C#C[C@]1(O)CC[C@@H](O[Si](C)(C)C(C)(C)C)CC1. The molecule has 1 fully saturated rings. The predicted molar refractivity (Wildman–Crippen MR) is 74.3 cm³/mol. The number of terminal acetylenes is 1. The normalized spacial score (nSPS) is 31.0. The van der Waals surface area contributed by atoms with Gasteiger partial charge in [0.1, 0.15) is 5.60 Å². The molecule has 1 rings (SSSR count). The molecule has 0 atom stereocenters. The smallest absolute Gasteiger partial charge is 0.192 e. The van der Waals surface area contributed by atoms with Crippen LogP contribution in [0.5, 0.6) is 0 Å². The van der Waals surface area contributed by atoms with E-state index in [0.717, 1.165) is 12.8 Å². The summed E-state index contributed by atoms with van der Waals surface area (Å²) in [6, 6.07) is 0. The molecule has 0 amide bonds. The summed E-state index contributed by atoms with van der Waals surface area (Å²) < 4.78 is 6.34. The molecule has 0 aliphatic heterocycles. The van der Waals surface area contributed by atoms with Crippen molar-refractivity contribution < 1.29 is 9.53 Å². The van der Waals surface area contributed by atoms with Gasteiger partial charge in [-0.25, -0.2) is 0 Å². The van der Waals surface area contributed by atoms with Gasteiger partial charge in [-0.15, -0.1) is 6.42 Å². The van der Waals surface area contributed by atoms with Crippen LogP contribution in [0.1, 0.15) is 46.5 Å². The quantitative estimate of drug-likeness (QED) is 0.605. The zero-order chi connectivity index (χ0) is 13.3. The molecule has 0 unspecified atom stereocenters. The average Bonchev–Trinajstić information content (AvgIpc) is 2.20. The molecular weight excluding hydrogens is 228 g/mol. The molecule has 0 heterocycles. The summed E-state index contributed by atoms with van der Waals surface area (Å²) in [5, 5.41) is 10.2. The van der Waals surface area contributed by atoms with Crippen LogP contribution in [0, 0.1) is 12.3 Å². The molecule has 3 heteroatoms.